The van der Waals surface area contributed by atoms with Gasteiger partial charge in [-0.1, -0.05) is 35.9 Å². The van der Waals surface area contributed by atoms with Crippen LogP contribution in [-0.2, 0) is 9.53 Å². The summed E-state index contributed by atoms with van der Waals surface area (Å²) in [7, 11) is 0. The molecule has 2 aromatic carbocycles. The van der Waals surface area contributed by atoms with E-state index in [9.17, 15) is 9.59 Å². The molecular weight excluding hydrogens is 294 g/mol. The Bertz CT molecular complexity index is 712. The van der Waals surface area contributed by atoms with Gasteiger partial charge in [-0.3, -0.25) is 4.79 Å². The third-order valence-corrected chi connectivity index (χ3v) is 3.30. The molecule has 2 aromatic rings. The van der Waals surface area contributed by atoms with Crippen LogP contribution in [0.25, 0.3) is 0 Å². The topological polar surface area (TPSA) is 78.6 Å². The van der Waals surface area contributed by atoms with Crippen LogP contribution in [0.15, 0.2) is 48.5 Å². The van der Waals surface area contributed by atoms with Gasteiger partial charge < -0.3 is 15.2 Å². The Hall–Kier alpha value is -2.82. The van der Waals surface area contributed by atoms with Gasteiger partial charge in [-0.25, -0.2) is 4.79 Å². The maximum atomic E-state index is 11.9. The molecule has 1 atom stereocenters. The number of carbonyl (C=O) groups is 2. The molecule has 2 rings (SSSR count). The maximum absolute atomic E-state index is 11.9. The van der Waals surface area contributed by atoms with Gasteiger partial charge in [-0.05, 0) is 37.6 Å². The van der Waals surface area contributed by atoms with E-state index in [4.69, 9.17) is 15.2 Å². The predicted molar refractivity (Wildman–Crippen MR) is 86.1 cm³/mol. The van der Waals surface area contributed by atoms with Crippen LogP contribution < -0.4 is 10.5 Å². The average molecular weight is 313 g/mol. The van der Waals surface area contributed by atoms with E-state index in [1.807, 2.05) is 31.2 Å². The van der Waals surface area contributed by atoms with E-state index in [-0.39, 0.29) is 12.7 Å². The Labute approximate surface area is 135 Å². The number of hydrogen-bond donors (Lipinski definition) is 1. The molecule has 120 valence electrons. The molecule has 0 saturated heterocycles. The standard InChI is InChI=1S/C18H19NO4/c1-12-5-3-6-14(9-12)13(2)23-17(20)11-22-16-8-4-7-15(10-16)18(19)21/h3-10,13H,11H2,1-2H3,(H2,19,21)/t13-/m1/s1. The molecule has 0 bridgehead atoms. The number of nitrogens with two attached hydrogens (primary N) is 1. The van der Waals surface area contributed by atoms with Crippen molar-refractivity contribution in [2.75, 3.05) is 6.61 Å². The zero-order valence-corrected chi connectivity index (χ0v) is 13.1. The molecule has 0 saturated carbocycles. The summed E-state index contributed by atoms with van der Waals surface area (Å²) in [5.41, 5.74) is 7.54. The van der Waals surface area contributed by atoms with E-state index < -0.39 is 11.9 Å². The number of hydrogen-bond acceptors (Lipinski definition) is 4. The number of ether oxygens (including phenoxy) is 2. The minimum Gasteiger partial charge on any atom is -0.482 e. The summed E-state index contributed by atoms with van der Waals surface area (Å²) < 4.78 is 10.7. The molecule has 0 aliphatic rings. The number of aryl methyl sites for hydroxylation is 1. The van der Waals surface area contributed by atoms with E-state index >= 15 is 0 Å². The summed E-state index contributed by atoms with van der Waals surface area (Å²) in [5.74, 6) is -0.643. The highest BCUT2D eigenvalue weighted by molar-refractivity contribution is 5.93. The van der Waals surface area contributed by atoms with Crippen LogP contribution in [0, 0.1) is 6.92 Å². The summed E-state index contributed by atoms with van der Waals surface area (Å²) in [5, 5.41) is 0. The number of benzene rings is 2. The molecule has 0 spiro atoms. The quantitative estimate of drug-likeness (QED) is 0.832. The zero-order chi connectivity index (χ0) is 16.8. The molecule has 0 fully saturated rings. The van der Waals surface area contributed by atoms with Crippen molar-refractivity contribution in [2.24, 2.45) is 5.73 Å². The lowest BCUT2D eigenvalue weighted by atomic mass is 10.1. The number of rotatable bonds is 6. The van der Waals surface area contributed by atoms with E-state index in [1.54, 1.807) is 25.1 Å². The Morgan fingerprint density at radius 1 is 1.13 bits per heavy atom. The van der Waals surface area contributed by atoms with Gasteiger partial charge in [0.15, 0.2) is 6.61 Å². The first-order chi connectivity index (χ1) is 11.0. The van der Waals surface area contributed by atoms with Gasteiger partial charge in [0.25, 0.3) is 0 Å². The molecule has 2 N–H and O–H groups in total. The van der Waals surface area contributed by atoms with Crippen LogP contribution in [0.4, 0.5) is 0 Å². The predicted octanol–water partition coefficient (Wildman–Crippen LogP) is 2.78. The van der Waals surface area contributed by atoms with Crippen LogP contribution in [0.3, 0.4) is 0 Å². The second kappa shape index (κ2) is 7.45. The third kappa shape index (κ3) is 4.85. The van der Waals surface area contributed by atoms with Gasteiger partial charge in [0.1, 0.15) is 11.9 Å². The first kappa shape index (κ1) is 16.5. The molecule has 0 aliphatic carbocycles. The van der Waals surface area contributed by atoms with Crippen LogP contribution >= 0.6 is 0 Å². The lowest BCUT2D eigenvalue weighted by Crippen LogP contribution is -2.17. The molecule has 23 heavy (non-hydrogen) atoms. The highest BCUT2D eigenvalue weighted by Crippen LogP contribution is 2.18. The first-order valence-electron chi connectivity index (χ1n) is 7.24. The Kier molecular flexibility index (Phi) is 5.36. The van der Waals surface area contributed by atoms with Gasteiger partial charge in [-0.15, -0.1) is 0 Å². The van der Waals surface area contributed by atoms with Gasteiger partial charge in [-0.2, -0.15) is 0 Å². The lowest BCUT2D eigenvalue weighted by Gasteiger charge is -2.14. The monoisotopic (exact) mass is 313 g/mol. The molecule has 5 heteroatoms. The van der Waals surface area contributed by atoms with Gasteiger partial charge in [0.2, 0.25) is 5.91 Å². The van der Waals surface area contributed by atoms with Crippen molar-refractivity contribution in [1.29, 1.82) is 0 Å². The van der Waals surface area contributed by atoms with Crippen molar-refractivity contribution < 1.29 is 19.1 Å². The highest BCUT2D eigenvalue weighted by atomic mass is 16.6. The normalized spacial score (nSPS) is 11.6. The lowest BCUT2D eigenvalue weighted by molar-refractivity contribution is -0.151. The second-order valence-electron chi connectivity index (χ2n) is 5.23. The summed E-state index contributed by atoms with van der Waals surface area (Å²) >= 11 is 0. The minimum absolute atomic E-state index is 0.238. The summed E-state index contributed by atoms with van der Waals surface area (Å²) in [6, 6.07) is 14.1. The van der Waals surface area contributed by atoms with Gasteiger partial charge >= 0.3 is 5.97 Å². The van der Waals surface area contributed by atoms with Crippen LogP contribution in [0.5, 0.6) is 5.75 Å². The Balaban J connectivity index is 1.90. The molecule has 0 aliphatic heterocycles. The van der Waals surface area contributed by atoms with E-state index in [2.05, 4.69) is 0 Å². The summed E-state index contributed by atoms with van der Waals surface area (Å²) in [4.78, 5) is 23.0. The SMILES string of the molecule is Cc1cccc([C@@H](C)OC(=O)COc2cccc(C(N)=O)c2)c1. The number of amides is 1. The van der Waals surface area contributed by atoms with Crippen molar-refractivity contribution in [3.8, 4) is 5.75 Å². The van der Waals surface area contributed by atoms with Gasteiger partial charge in [0, 0.05) is 5.56 Å². The van der Waals surface area contributed by atoms with Crippen LogP contribution in [0.2, 0.25) is 0 Å². The molecule has 0 heterocycles. The van der Waals surface area contributed by atoms with E-state index in [1.165, 1.54) is 6.07 Å². The molecular formula is C18H19NO4. The number of carbonyl (C=O) groups excluding carboxylic acids is 2. The van der Waals surface area contributed by atoms with Crippen molar-refractivity contribution in [3.05, 3.63) is 65.2 Å². The minimum atomic E-state index is -0.550. The van der Waals surface area contributed by atoms with Crippen LogP contribution in [-0.4, -0.2) is 18.5 Å². The summed E-state index contributed by atoms with van der Waals surface area (Å²) in [6.45, 7) is 3.55. The molecule has 1 amide bonds. The average Bonchev–Trinajstić information content (AvgIpc) is 2.53. The van der Waals surface area contributed by atoms with Crippen molar-refractivity contribution in [1.82, 2.24) is 0 Å². The van der Waals surface area contributed by atoms with Gasteiger partial charge in [0.05, 0.1) is 0 Å². The smallest absolute Gasteiger partial charge is 0.344 e. The first-order valence-corrected chi connectivity index (χ1v) is 7.24. The Morgan fingerprint density at radius 2 is 1.87 bits per heavy atom. The fourth-order valence-corrected chi connectivity index (χ4v) is 2.10. The van der Waals surface area contributed by atoms with Crippen LogP contribution in [0.1, 0.15) is 34.5 Å². The summed E-state index contributed by atoms with van der Waals surface area (Å²) in [6.07, 6.45) is -0.358. The molecule has 0 aromatic heterocycles. The molecule has 0 unspecified atom stereocenters. The van der Waals surface area contributed by atoms with E-state index in [0.717, 1.165) is 11.1 Å². The van der Waals surface area contributed by atoms with Crippen molar-refractivity contribution in [2.45, 2.75) is 20.0 Å². The number of esters is 1. The number of primary amides is 1. The zero-order valence-electron chi connectivity index (χ0n) is 13.1. The Morgan fingerprint density at radius 3 is 2.57 bits per heavy atom. The fraction of sp³-hybridized carbons (Fsp3) is 0.222. The molecule has 0 radical (unpaired) electrons. The fourth-order valence-electron chi connectivity index (χ4n) is 2.10. The largest absolute Gasteiger partial charge is 0.482 e. The molecule has 5 nitrogen and oxygen atoms in total. The maximum Gasteiger partial charge on any atom is 0.344 e. The van der Waals surface area contributed by atoms with Crippen molar-refractivity contribution >= 4 is 11.9 Å². The third-order valence-electron chi connectivity index (χ3n) is 3.30. The highest BCUT2D eigenvalue weighted by Gasteiger charge is 2.13. The van der Waals surface area contributed by atoms with E-state index in [0.29, 0.717) is 11.3 Å². The van der Waals surface area contributed by atoms with Crippen molar-refractivity contribution in [3.63, 3.8) is 0 Å². The second-order valence-corrected chi connectivity index (χ2v) is 5.23.